The van der Waals surface area contributed by atoms with Crippen molar-refractivity contribution in [1.29, 1.82) is 0 Å². The van der Waals surface area contributed by atoms with E-state index in [4.69, 9.17) is 4.74 Å². The maximum Gasteiger partial charge on any atom is 0.197 e. The van der Waals surface area contributed by atoms with Crippen LogP contribution < -0.4 is 4.74 Å². The number of thiazole rings is 1. The predicted octanol–water partition coefficient (Wildman–Crippen LogP) is 3.31. The molecule has 0 aliphatic heterocycles. The molecule has 92 valence electrons. The molecule has 0 saturated carbocycles. The molecule has 2 heterocycles. The van der Waals surface area contributed by atoms with Gasteiger partial charge < -0.3 is 9.72 Å². The summed E-state index contributed by atoms with van der Waals surface area (Å²) < 4.78 is 5.27. The highest BCUT2D eigenvalue weighted by molar-refractivity contribution is 7.17. The van der Waals surface area contributed by atoms with Crippen molar-refractivity contribution in [2.45, 2.75) is 13.8 Å². The third kappa shape index (κ3) is 1.76. The number of nitrogens with one attached hydrogen (secondary N) is 1. The minimum atomic E-state index is 0.867. The van der Waals surface area contributed by atoms with Gasteiger partial charge in [-0.25, -0.2) is 9.97 Å². The van der Waals surface area contributed by atoms with Gasteiger partial charge in [-0.3, -0.25) is 0 Å². The monoisotopic (exact) mass is 259 g/mol. The number of fused-ring (bicyclic) bond motifs is 1. The van der Waals surface area contributed by atoms with Gasteiger partial charge in [0.15, 0.2) is 5.06 Å². The Morgan fingerprint density at radius 3 is 2.78 bits per heavy atom. The van der Waals surface area contributed by atoms with Gasteiger partial charge in [-0.05, 0) is 32.0 Å². The van der Waals surface area contributed by atoms with Crippen molar-refractivity contribution in [3.63, 3.8) is 0 Å². The van der Waals surface area contributed by atoms with E-state index < -0.39 is 0 Å². The molecule has 0 saturated heterocycles. The summed E-state index contributed by atoms with van der Waals surface area (Å²) >= 11 is 1.56. The molecule has 0 fully saturated rings. The number of imidazole rings is 1. The maximum atomic E-state index is 5.27. The number of rotatable bonds is 2. The molecule has 3 aromatic rings. The fourth-order valence-electron chi connectivity index (χ4n) is 1.97. The summed E-state index contributed by atoms with van der Waals surface area (Å²) in [6.45, 7) is 3.91. The highest BCUT2D eigenvalue weighted by atomic mass is 32.1. The molecule has 0 spiro atoms. The lowest BCUT2D eigenvalue weighted by atomic mass is 10.2. The van der Waals surface area contributed by atoms with Crippen molar-refractivity contribution in [3.8, 4) is 15.6 Å². The number of hydrogen-bond acceptors (Lipinski definition) is 4. The predicted molar refractivity (Wildman–Crippen MR) is 73.2 cm³/mol. The van der Waals surface area contributed by atoms with Gasteiger partial charge in [0.05, 0.1) is 23.8 Å². The van der Waals surface area contributed by atoms with Crippen molar-refractivity contribution < 1.29 is 4.74 Å². The Labute approximate surface area is 109 Å². The second-order valence-electron chi connectivity index (χ2n) is 4.15. The van der Waals surface area contributed by atoms with Crippen LogP contribution in [0, 0.1) is 13.8 Å². The average Bonchev–Trinajstić information content (AvgIpc) is 2.89. The SMILES string of the molecule is COc1sc(-c2ccc3nc(C)[nH]c3c2)nc1C. The normalized spacial score (nSPS) is 11.1. The van der Waals surface area contributed by atoms with Crippen LogP contribution in [0.1, 0.15) is 11.5 Å². The number of ether oxygens (including phenoxy) is 1. The Bertz CT molecular complexity index is 714. The number of aromatic nitrogens is 3. The molecular weight excluding hydrogens is 246 g/mol. The van der Waals surface area contributed by atoms with Crippen LogP contribution in [0.2, 0.25) is 0 Å². The van der Waals surface area contributed by atoms with Crippen LogP contribution in [-0.4, -0.2) is 22.1 Å². The average molecular weight is 259 g/mol. The lowest BCUT2D eigenvalue weighted by Crippen LogP contribution is -1.80. The van der Waals surface area contributed by atoms with Crippen LogP contribution in [0.4, 0.5) is 0 Å². The molecule has 18 heavy (non-hydrogen) atoms. The third-order valence-electron chi connectivity index (χ3n) is 2.79. The molecule has 0 radical (unpaired) electrons. The summed E-state index contributed by atoms with van der Waals surface area (Å²) in [4.78, 5) is 12.2. The van der Waals surface area contributed by atoms with E-state index in [1.165, 1.54) is 0 Å². The first-order valence-electron chi connectivity index (χ1n) is 5.65. The van der Waals surface area contributed by atoms with Gasteiger partial charge in [-0.1, -0.05) is 11.3 Å². The van der Waals surface area contributed by atoms with Crippen molar-refractivity contribution in [2.24, 2.45) is 0 Å². The topological polar surface area (TPSA) is 50.8 Å². The van der Waals surface area contributed by atoms with E-state index in [-0.39, 0.29) is 0 Å². The smallest absolute Gasteiger partial charge is 0.197 e. The van der Waals surface area contributed by atoms with Crippen LogP contribution in [0.5, 0.6) is 5.06 Å². The first-order chi connectivity index (χ1) is 8.67. The number of aryl methyl sites for hydroxylation is 2. The van der Waals surface area contributed by atoms with Crippen LogP contribution in [-0.2, 0) is 0 Å². The molecule has 0 bridgehead atoms. The molecular formula is C13H13N3OS. The highest BCUT2D eigenvalue weighted by Gasteiger charge is 2.10. The second kappa shape index (κ2) is 4.10. The zero-order valence-corrected chi connectivity index (χ0v) is 11.3. The number of methoxy groups -OCH3 is 1. The van der Waals surface area contributed by atoms with Crippen molar-refractivity contribution in [1.82, 2.24) is 15.0 Å². The molecule has 0 aliphatic rings. The van der Waals surface area contributed by atoms with Gasteiger partial charge in [0, 0.05) is 5.56 Å². The number of benzene rings is 1. The molecule has 0 aliphatic carbocycles. The van der Waals surface area contributed by atoms with Crippen LogP contribution in [0.15, 0.2) is 18.2 Å². The number of H-pyrrole nitrogens is 1. The zero-order valence-electron chi connectivity index (χ0n) is 10.4. The lowest BCUT2D eigenvalue weighted by molar-refractivity contribution is 0.423. The lowest BCUT2D eigenvalue weighted by Gasteiger charge is -1.95. The molecule has 4 nitrogen and oxygen atoms in total. The quantitative estimate of drug-likeness (QED) is 0.768. The summed E-state index contributed by atoms with van der Waals surface area (Å²) in [6.07, 6.45) is 0. The maximum absolute atomic E-state index is 5.27. The molecule has 1 aromatic carbocycles. The fourth-order valence-corrected chi connectivity index (χ4v) is 2.85. The molecule has 2 aromatic heterocycles. The van der Waals surface area contributed by atoms with E-state index in [1.807, 2.05) is 26.0 Å². The molecule has 1 N–H and O–H groups in total. The van der Waals surface area contributed by atoms with Crippen LogP contribution in [0.25, 0.3) is 21.6 Å². The summed E-state index contributed by atoms with van der Waals surface area (Å²) in [7, 11) is 1.67. The molecule has 0 amide bonds. The summed E-state index contributed by atoms with van der Waals surface area (Å²) in [5.41, 5.74) is 4.04. The van der Waals surface area contributed by atoms with E-state index in [9.17, 15) is 0 Å². The fraction of sp³-hybridized carbons (Fsp3) is 0.231. The van der Waals surface area contributed by atoms with Crippen molar-refractivity contribution >= 4 is 22.4 Å². The highest BCUT2D eigenvalue weighted by Crippen LogP contribution is 2.34. The van der Waals surface area contributed by atoms with Gasteiger partial charge in [0.1, 0.15) is 10.8 Å². The summed E-state index contributed by atoms with van der Waals surface area (Å²) in [5, 5.41) is 1.84. The third-order valence-corrected chi connectivity index (χ3v) is 3.95. The first kappa shape index (κ1) is 11.2. The van der Waals surface area contributed by atoms with Crippen LogP contribution >= 0.6 is 11.3 Å². The summed E-state index contributed by atoms with van der Waals surface area (Å²) in [5.74, 6) is 0.926. The Kier molecular flexibility index (Phi) is 2.56. The Hall–Kier alpha value is -1.88. The molecule has 3 rings (SSSR count). The van der Waals surface area contributed by atoms with E-state index in [0.717, 1.165) is 38.2 Å². The van der Waals surface area contributed by atoms with Gasteiger partial charge >= 0.3 is 0 Å². The number of hydrogen-bond donors (Lipinski definition) is 1. The van der Waals surface area contributed by atoms with Crippen LogP contribution in [0.3, 0.4) is 0 Å². The van der Waals surface area contributed by atoms with E-state index in [1.54, 1.807) is 18.4 Å². The second-order valence-corrected chi connectivity index (χ2v) is 5.11. The standard InChI is InChI=1S/C13H13N3OS/c1-7-13(17-3)18-12(14-7)9-4-5-10-11(6-9)16-8(2)15-10/h4-6H,1-3H3,(H,15,16). The first-order valence-corrected chi connectivity index (χ1v) is 6.47. The largest absolute Gasteiger partial charge is 0.486 e. The molecule has 0 unspecified atom stereocenters. The van der Waals surface area contributed by atoms with Gasteiger partial charge in [-0.15, -0.1) is 0 Å². The van der Waals surface area contributed by atoms with E-state index >= 15 is 0 Å². The number of aromatic amines is 1. The number of nitrogens with zero attached hydrogens (tertiary/aromatic N) is 2. The zero-order chi connectivity index (χ0) is 12.7. The minimum Gasteiger partial charge on any atom is -0.486 e. The van der Waals surface area contributed by atoms with Crippen molar-refractivity contribution in [3.05, 3.63) is 29.7 Å². The van der Waals surface area contributed by atoms with E-state index in [2.05, 4.69) is 21.0 Å². The van der Waals surface area contributed by atoms with E-state index in [0.29, 0.717) is 0 Å². The Morgan fingerprint density at radius 2 is 2.06 bits per heavy atom. The Balaban J connectivity index is 2.12. The minimum absolute atomic E-state index is 0.867. The molecule has 5 heteroatoms. The van der Waals surface area contributed by atoms with Gasteiger partial charge in [0.2, 0.25) is 0 Å². The van der Waals surface area contributed by atoms with Gasteiger partial charge in [0.25, 0.3) is 0 Å². The summed E-state index contributed by atoms with van der Waals surface area (Å²) in [6, 6.07) is 6.13. The van der Waals surface area contributed by atoms with Gasteiger partial charge in [-0.2, -0.15) is 0 Å². The Morgan fingerprint density at radius 1 is 1.22 bits per heavy atom. The van der Waals surface area contributed by atoms with Crippen molar-refractivity contribution in [2.75, 3.05) is 7.11 Å². The molecule has 0 atom stereocenters.